The maximum Gasteiger partial charge on any atom is 0.224 e. The van der Waals surface area contributed by atoms with Crippen LogP contribution < -0.4 is 5.32 Å². The Bertz CT molecular complexity index is 1810. The minimum Gasteiger partial charge on any atom is -0.353 e. The molecular weight excluding hydrogens is 496 g/mol. The SMILES string of the molecule is O=C(CC1CCCCC1)Nc1cncc(-c2ccc3[nH]nc(-c4cc5c(-c6ccncc6)cccc5[nH]4)c3c2)c1. The quantitative estimate of drug-likeness (QED) is 0.207. The number of hydrogen-bond acceptors (Lipinski definition) is 4. The lowest BCUT2D eigenvalue weighted by molar-refractivity contribution is -0.117. The van der Waals surface area contributed by atoms with Crippen LogP contribution in [-0.4, -0.2) is 31.1 Å². The Hall–Kier alpha value is -4.78. The lowest BCUT2D eigenvalue weighted by Crippen LogP contribution is -2.18. The van der Waals surface area contributed by atoms with Crippen molar-refractivity contribution in [1.82, 2.24) is 25.1 Å². The van der Waals surface area contributed by atoms with Crippen molar-refractivity contribution in [3.63, 3.8) is 0 Å². The number of benzene rings is 2. The molecule has 1 aliphatic rings. The van der Waals surface area contributed by atoms with Gasteiger partial charge in [-0.05, 0) is 77.9 Å². The average molecular weight is 527 g/mol. The molecule has 7 nitrogen and oxygen atoms in total. The number of hydrogen-bond donors (Lipinski definition) is 3. The van der Waals surface area contributed by atoms with E-state index in [2.05, 4.69) is 66.9 Å². The molecule has 6 aromatic rings. The van der Waals surface area contributed by atoms with Crippen molar-refractivity contribution < 1.29 is 4.79 Å². The van der Waals surface area contributed by atoms with Gasteiger partial charge in [0, 0.05) is 46.9 Å². The van der Waals surface area contributed by atoms with Crippen LogP contribution in [0.5, 0.6) is 0 Å². The zero-order valence-electron chi connectivity index (χ0n) is 22.2. The van der Waals surface area contributed by atoms with Gasteiger partial charge in [0.05, 0.1) is 23.1 Å². The molecule has 198 valence electrons. The molecule has 1 aliphatic carbocycles. The molecule has 7 heteroatoms. The zero-order valence-corrected chi connectivity index (χ0v) is 22.2. The number of aromatic amines is 2. The molecule has 0 aliphatic heterocycles. The molecule has 1 fully saturated rings. The van der Waals surface area contributed by atoms with Gasteiger partial charge in [-0.3, -0.25) is 19.9 Å². The molecule has 3 N–H and O–H groups in total. The van der Waals surface area contributed by atoms with Gasteiger partial charge in [-0.25, -0.2) is 0 Å². The van der Waals surface area contributed by atoms with E-state index in [1.54, 1.807) is 6.20 Å². The second-order valence-corrected chi connectivity index (χ2v) is 10.7. The second kappa shape index (κ2) is 10.4. The molecule has 4 aromatic heterocycles. The number of nitrogens with one attached hydrogen (secondary N) is 3. The lowest BCUT2D eigenvalue weighted by atomic mass is 9.87. The summed E-state index contributed by atoms with van der Waals surface area (Å²) in [6.07, 6.45) is 13.8. The third-order valence-electron chi connectivity index (χ3n) is 8.03. The van der Waals surface area contributed by atoms with Gasteiger partial charge >= 0.3 is 0 Å². The minimum absolute atomic E-state index is 0.0726. The summed E-state index contributed by atoms with van der Waals surface area (Å²) in [6, 6.07) is 20.7. The number of rotatable bonds is 6. The van der Waals surface area contributed by atoms with Crippen molar-refractivity contribution in [2.75, 3.05) is 5.32 Å². The number of fused-ring (bicyclic) bond motifs is 2. The first-order chi connectivity index (χ1) is 19.7. The predicted octanol–water partition coefficient (Wildman–Crippen LogP) is 7.74. The Morgan fingerprint density at radius 2 is 1.70 bits per heavy atom. The van der Waals surface area contributed by atoms with E-state index in [1.807, 2.05) is 42.9 Å². The molecule has 0 unspecified atom stereocenters. The minimum atomic E-state index is 0.0726. The van der Waals surface area contributed by atoms with E-state index in [0.717, 1.165) is 74.0 Å². The van der Waals surface area contributed by atoms with Crippen LogP contribution in [0.3, 0.4) is 0 Å². The van der Waals surface area contributed by atoms with Crippen LogP contribution in [0.25, 0.3) is 55.4 Å². The van der Waals surface area contributed by atoms with Crippen LogP contribution in [0.4, 0.5) is 5.69 Å². The van der Waals surface area contributed by atoms with Crippen molar-refractivity contribution in [3.8, 4) is 33.6 Å². The lowest BCUT2D eigenvalue weighted by Gasteiger charge is -2.20. The normalized spacial score (nSPS) is 14.1. The molecule has 40 heavy (non-hydrogen) atoms. The van der Waals surface area contributed by atoms with Gasteiger partial charge in [-0.15, -0.1) is 0 Å². The Labute approximate surface area is 232 Å². The first kappa shape index (κ1) is 24.3. The molecule has 2 aromatic carbocycles. The number of carbonyl (C=O) groups is 1. The maximum atomic E-state index is 12.7. The van der Waals surface area contributed by atoms with Crippen molar-refractivity contribution in [2.24, 2.45) is 5.92 Å². The van der Waals surface area contributed by atoms with Gasteiger partial charge in [-0.2, -0.15) is 5.10 Å². The molecule has 0 saturated heterocycles. The zero-order chi connectivity index (χ0) is 26.9. The molecule has 0 atom stereocenters. The third-order valence-corrected chi connectivity index (χ3v) is 8.03. The summed E-state index contributed by atoms with van der Waals surface area (Å²) in [5, 5.41) is 13.1. The van der Waals surface area contributed by atoms with Crippen molar-refractivity contribution in [2.45, 2.75) is 38.5 Å². The maximum absolute atomic E-state index is 12.7. The van der Waals surface area contributed by atoms with Crippen molar-refractivity contribution >= 4 is 33.4 Å². The Kier molecular flexibility index (Phi) is 6.32. The van der Waals surface area contributed by atoms with Crippen LogP contribution in [0.15, 0.2) is 85.5 Å². The predicted molar refractivity (Wildman–Crippen MR) is 160 cm³/mol. The first-order valence-corrected chi connectivity index (χ1v) is 14.0. The van der Waals surface area contributed by atoms with E-state index in [-0.39, 0.29) is 5.91 Å². The summed E-state index contributed by atoms with van der Waals surface area (Å²) in [4.78, 5) is 24.9. The second-order valence-electron chi connectivity index (χ2n) is 10.7. The number of H-pyrrole nitrogens is 2. The highest BCUT2D eigenvalue weighted by atomic mass is 16.1. The van der Waals surface area contributed by atoms with Crippen molar-refractivity contribution in [1.29, 1.82) is 0 Å². The first-order valence-electron chi connectivity index (χ1n) is 14.0. The van der Waals surface area contributed by atoms with Crippen LogP contribution in [0.1, 0.15) is 38.5 Å². The summed E-state index contributed by atoms with van der Waals surface area (Å²) >= 11 is 0. The Morgan fingerprint density at radius 3 is 2.58 bits per heavy atom. The number of carbonyl (C=O) groups excluding carboxylic acids is 1. The van der Waals surface area contributed by atoms with E-state index >= 15 is 0 Å². The fraction of sp³-hybridized carbons (Fsp3) is 0.212. The topological polar surface area (TPSA) is 99.3 Å². The molecular formula is C33H30N6O. The number of nitrogens with zero attached hydrogens (tertiary/aromatic N) is 3. The van der Waals surface area contributed by atoms with Crippen molar-refractivity contribution in [3.05, 3.63) is 85.5 Å². The molecule has 0 bridgehead atoms. The van der Waals surface area contributed by atoms with Gasteiger partial charge in [0.15, 0.2) is 0 Å². The number of anilines is 1. The highest BCUT2D eigenvalue weighted by molar-refractivity contribution is 6.02. The fourth-order valence-corrected chi connectivity index (χ4v) is 6.00. The van der Waals surface area contributed by atoms with Gasteiger partial charge in [0.2, 0.25) is 5.91 Å². The summed E-state index contributed by atoms with van der Waals surface area (Å²) in [5.41, 5.74) is 8.77. The summed E-state index contributed by atoms with van der Waals surface area (Å²) < 4.78 is 0. The van der Waals surface area contributed by atoms with Crippen LogP contribution in [0.2, 0.25) is 0 Å². The average Bonchev–Trinajstić information content (AvgIpc) is 3.62. The summed E-state index contributed by atoms with van der Waals surface area (Å²) in [6.45, 7) is 0. The fourth-order valence-electron chi connectivity index (χ4n) is 6.00. The highest BCUT2D eigenvalue weighted by Crippen LogP contribution is 2.35. The molecule has 0 radical (unpaired) electrons. The summed E-state index contributed by atoms with van der Waals surface area (Å²) in [5.74, 6) is 0.570. The van der Waals surface area contributed by atoms with Crippen LogP contribution >= 0.6 is 0 Å². The van der Waals surface area contributed by atoms with Gasteiger partial charge in [0.25, 0.3) is 0 Å². The largest absolute Gasteiger partial charge is 0.353 e. The van der Waals surface area contributed by atoms with Gasteiger partial charge < -0.3 is 10.3 Å². The van der Waals surface area contributed by atoms with E-state index in [9.17, 15) is 4.79 Å². The molecule has 0 spiro atoms. The smallest absolute Gasteiger partial charge is 0.224 e. The number of amides is 1. The summed E-state index contributed by atoms with van der Waals surface area (Å²) in [7, 11) is 0. The Balaban J connectivity index is 1.19. The van der Waals surface area contributed by atoms with E-state index in [4.69, 9.17) is 0 Å². The van der Waals surface area contributed by atoms with Gasteiger partial charge in [-0.1, -0.05) is 37.5 Å². The molecule has 1 saturated carbocycles. The van der Waals surface area contributed by atoms with E-state index in [1.165, 1.54) is 19.3 Å². The van der Waals surface area contributed by atoms with Crippen LogP contribution in [0, 0.1) is 5.92 Å². The van der Waals surface area contributed by atoms with Gasteiger partial charge in [0.1, 0.15) is 5.69 Å². The number of pyridine rings is 2. The van der Waals surface area contributed by atoms with Crippen LogP contribution in [-0.2, 0) is 4.79 Å². The third kappa shape index (κ3) is 4.75. The van der Waals surface area contributed by atoms with E-state index in [0.29, 0.717) is 12.3 Å². The Morgan fingerprint density at radius 1 is 0.825 bits per heavy atom. The number of aromatic nitrogens is 5. The standard InChI is InChI=1S/C33H30N6O/c40-32(15-21-5-2-1-3-6-21)36-25-16-24(19-35-20-25)23-9-10-30-28(17-23)33(39-38-30)31-18-27-26(7-4-8-29(27)37-31)22-11-13-34-14-12-22/h4,7-14,16-21,37H,1-3,5-6,15H2,(H,36,40)(H,38,39). The molecule has 4 heterocycles. The molecule has 7 rings (SSSR count). The highest BCUT2D eigenvalue weighted by Gasteiger charge is 2.18. The molecule has 1 amide bonds. The monoisotopic (exact) mass is 526 g/mol. The van der Waals surface area contributed by atoms with E-state index < -0.39 is 0 Å².